The van der Waals surface area contributed by atoms with E-state index in [1.165, 1.54) is 6.42 Å². The molecule has 1 amide bonds. The summed E-state index contributed by atoms with van der Waals surface area (Å²) in [5, 5.41) is 7.70. The first kappa shape index (κ1) is 17.1. The molecule has 3 N–H and O–H groups in total. The Kier molecular flexibility index (Phi) is 4.68. The number of nitrogens with one attached hydrogen (secondary N) is 1. The zero-order chi connectivity index (χ0) is 18.1. The molecule has 2 saturated carbocycles. The molecule has 4 rings (SSSR count). The van der Waals surface area contributed by atoms with Crippen molar-refractivity contribution in [3.05, 3.63) is 42.2 Å². The fourth-order valence-electron chi connectivity index (χ4n) is 4.57. The van der Waals surface area contributed by atoms with E-state index in [1.54, 1.807) is 17.9 Å². The van der Waals surface area contributed by atoms with Gasteiger partial charge < -0.3 is 15.8 Å². The zero-order valence-corrected chi connectivity index (χ0v) is 15.1. The summed E-state index contributed by atoms with van der Waals surface area (Å²) in [5.41, 5.74) is 7.53. The van der Waals surface area contributed by atoms with Crippen molar-refractivity contribution in [2.45, 2.75) is 44.2 Å². The van der Waals surface area contributed by atoms with Crippen molar-refractivity contribution < 1.29 is 9.53 Å². The van der Waals surface area contributed by atoms with Gasteiger partial charge in [0.1, 0.15) is 5.75 Å². The fraction of sp³-hybridized carbons (Fsp3) is 0.500. The van der Waals surface area contributed by atoms with Crippen LogP contribution in [0.3, 0.4) is 0 Å². The first-order valence-corrected chi connectivity index (χ1v) is 9.40. The Balaban J connectivity index is 1.46. The van der Waals surface area contributed by atoms with Crippen LogP contribution in [-0.4, -0.2) is 34.9 Å². The van der Waals surface area contributed by atoms with Crippen molar-refractivity contribution in [1.29, 1.82) is 0 Å². The largest absolute Gasteiger partial charge is 0.497 e. The summed E-state index contributed by atoms with van der Waals surface area (Å²) in [6.07, 6.45) is 7.42. The molecule has 0 radical (unpaired) electrons. The van der Waals surface area contributed by atoms with Gasteiger partial charge in [-0.3, -0.25) is 4.79 Å². The molecule has 2 fully saturated rings. The van der Waals surface area contributed by atoms with Gasteiger partial charge in [-0.05, 0) is 67.9 Å². The Morgan fingerprint density at radius 1 is 1.19 bits per heavy atom. The molecule has 2 aliphatic rings. The van der Waals surface area contributed by atoms with E-state index in [0.717, 1.165) is 37.1 Å². The molecule has 2 bridgehead atoms. The van der Waals surface area contributed by atoms with Crippen LogP contribution in [0.4, 0.5) is 0 Å². The monoisotopic (exact) mass is 354 g/mol. The molecule has 0 aliphatic heterocycles. The van der Waals surface area contributed by atoms with E-state index >= 15 is 0 Å². The van der Waals surface area contributed by atoms with Crippen LogP contribution in [0.1, 0.15) is 42.6 Å². The molecule has 6 nitrogen and oxygen atoms in total. The number of nitrogens with two attached hydrogens (primary N) is 1. The molecule has 1 aromatic heterocycles. The highest BCUT2D eigenvalue weighted by Gasteiger charge is 2.40. The standard InChI is InChI=1S/C20H26N4O2/c1-26-17-7-5-16(6-8-17)24-10-9-18(23-24)20(25)22-19-13-3-2-4-14(19)12-15(21)11-13/h5-10,13-15,19H,2-4,11-12,21H2,1H3,(H,22,25). The number of ether oxygens (including phenoxy) is 1. The molecule has 2 unspecified atom stereocenters. The highest BCUT2D eigenvalue weighted by Crippen LogP contribution is 2.39. The summed E-state index contributed by atoms with van der Waals surface area (Å²) in [6.45, 7) is 0. The van der Waals surface area contributed by atoms with E-state index in [2.05, 4.69) is 10.4 Å². The van der Waals surface area contributed by atoms with Gasteiger partial charge in [0.15, 0.2) is 5.69 Å². The lowest BCUT2D eigenvalue weighted by Gasteiger charge is -2.45. The molecule has 1 aromatic carbocycles. The Hall–Kier alpha value is -2.34. The molecular weight excluding hydrogens is 328 g/mol. The molecule has 6 heteroatoms. The number of hydrogen-bond donors (Lipinski definition) is 2. The predicted molar refractivity (Wildman–Crippen MR) is 99.4 cm³/mol. The predicted octanol–water partition coefficient (Wildman–Crippen LogP) is 2.52. The number of aromatic nitrogens is 2. The van der Waals surface area contributed by atoms with E-state index in [0.29, 0.717) is 17.5 Å². The molecule has 0 spiro atoms. The second-order valence-corrected chi connectivity index (χ2v) is 7.53. The minimum absolute atomic E-state index is 0.0883. The normalized spacial score (nSPS) is 27.8. The van der Waals surface area contributed by atoms with Gasteiger partial charge in [-0.15, -0.1) is 0 Å². The van der Waals surface area contributed by atoms with Crippen molar-refractivity contribution in [1.82, 2.24) is 15.1 Å². The SMILES string of the molecule is COc1ccc(-n2ccc(C(=O)NC3C4CCCC3CC(N)C4)n2)cc1. The summed E-state index contributed by atoms with van der Waals surface area (Å²) in [6, 6.07) is 9.88. The van der Waals surface area contributed by atoms with Crippen LogP contribution >= 0.6 is 0 Å². The number of fused-ring (bicyclic) bond motifs is 2. The average Bonchev–Trinajstić information content (AvgIpc) is 3.13. The lowest BCUT2D eigenvalue weighted by Crippen LogP contribution is -2.53. The Morgan fingerprint density at radius 2 is 1.88 bits per heavy atom. The molecule has 2 aliphatic carbocycles. The number of carbonyl (C=O) groups excluding carboxylic acids is 1. The zero-order valence-electron chi connectivity index (χ0n) is 15.1. The quantitative estimate of drug-likeness (QED) is 0.884. The second kappa shape index (κ2) is 7.11. The van der Waals surface area contributed by atoms with E-state index in [9.17, 15) is 4.79 Å². The Labute approximate surface area is 153 Å². The van der Waals surface area contributed by atoms with E-state index in [-0.39, 0.29) is 18.0 Å². The van der Waals surface area contributed by atoms with Crippen molar-refractivity contribution in [2.24, 2.45) is 17.6 Å². The molecule has 138 valence electrons. The third-order valence-electron chi connectivity index (χ3n) is 5.83. The van der Waals surface area contributed by atoms with Gasteiger partial charge in [0.2, 0.25) is 0 Å². The number of methoxy groups -OCH3 is 1. The smallest absolute Gasteiger partial charge is 0.272 e. The maximum atomic E-state index is 12.7. The minimum Gasteiger partial charge on any atom is -0.497 e. The first-order valence-electron chi connectivity index (χ1n) is 9.40. The van der Waals surface area contributed by atoms with Crippen LogP contribution in [0.15, 0.2) is 36.5 Å². The third kappa shape index (κ3) is 3.33. The summed E-state index contributed by atoms with van der Waals surface area (Å²) < 4.78 is 6.89. The summed E-state index contributed by atoms with van der Waals surface area (Å²) >= 11 is 0. The maximum absolute atomic E-state index is 12.7. The first-order chi connectivity index (χ1) is 12.6. The second-order valence-electron chi connectivity index (χ2n) is 7.53. The number of amides is 1. The van der Waals surface area contributed by atoms with Crippen molar-refractivity contribution >= 4 is 5.91 Å². The van der Waals surface area contributed by atoms with Crippen molar-refractivity contribution in [2.75, 3.05) is 7.11 Å². The lowest BCUT2D eigenvalue weighted by atomic mass is 9.67. The van der Waals surface area contributed by atoms with E-state index in [4.69, 9.17) is 10.5 Å². The van der Waals surface area contributed by atoms with Crippen LogP contribution < -0.4 is 15.8 Å². The average molecular weight is 354 g/mol. The van der Waals surface area contributed by atoms with Gasteiger partial charge in [-0.1, -0.05) is 6.42 Å². The van der Waals surface area contributed by atoms with Gasteiger partial charge in [-0.2, -0.15) is 5.10 Å². The van der Waals surface area contributed by atoms with Crippen LogP contribution in [0, 0.1) is 11.8 Å². The number of hydrogen-bond acceptors (Lipinski definition) is 4. The number of benzene rings is 1. The molecular formula is C20H26N4O2. The summed E-state index contributed by atoms with van der Waals surface area (Å²) in [4.78, 5) is 12.7. The summed E-state index contributed by atoms with van der Waals surface area (Å²) in [7, 11) is 1.64. The van der Waals surface area contributed by atoms with Crippen molar-refractivity contribution in [3.63, 3.8) is 0 Å². The maximum Gasteiger partial charge on any atom is 0.272 e. The molecule has 26 heavy (non-hydrogen) atoms. The van der Waals surface area contributed by atoms with Crippen LogP contribution in [0.25, 0.3) is 5.69 Å². The topological polar surface area (TPSA) is 82.2 Å². The van der Waals surface area contributed by atoms with Gasteiger partial charge in [0.05, 0.1) is 12.8 Å². The van der Waals surface area contributed by atoms with E-state index in [1.807, 2.05) is 30.5 Å². The molecule has 0 saturated heterocycles. The van der Waals surface area contributed by atoms with Gasteiger partial charge >= 0.3 is 0 Å². The highest BCUT2D eigenvalue weighted by atomic mass is 16.5. The van der Waals surface area contributed by atoms with E-state index < -0.39 is 0 Å². The van der Waals surface area contributed by atoms with Crippen molar-refractivity contribution in [3.8, 4) is 11.4 Å². The number of rotatable bonds is 4. The molecule has 1 heterocycles. The molecule has 2 atom stereocenters. The van der Waals surface area contributed by atoms with Gasteiger partial charge in [0, 0.05) is 18.3 Å². The fourth-order valence-corrected chi connectivity index (χ4v) is 4.57. The highest BCUT2D eigenvalue weighted by molar-refractivity contribution is 5.92. The Bertz CT molecular complexity index is 756. The molecule has 2 aromatic rings. The minimum atomic E-state index is -0.0883. The number of nitrogens with zero attached hydrogens (tertiary/aromatic N) is 2. The third-order valence-corrected chi connectivity index (χ3v) is 5.83. The van der Waals surface area contributed by atoms with Crippen LogP contribution in [-0.2, 0) is 0 Å². The summed E-state index contributed by atoms with van der Waals surface area (Å²) in [5.74, 6) is 1.71. The van der Waals surface area contributed by atoms with Gasteiger partial charge in [0.25, 0.3) is 5.91 Å². The number of carbonyl (C=O) groups is 1. The van der Waals surface area contributed by atoms with Crippen LogP contribution in [0.5, 0.6) is 5.75 Å². The lowest BCUT2D eigenvalue weighted by molar-refractivity contribution is 0.0751. The van der Waals surface area contributed by atoms with Gasteiger partial charge in [-0.25, -0.2) is 4.68 Å². The Morgan fingerprint density at radius 3 is 2.54 bits per heavy atom. The van der Waals surface area contributed by atoms with Crippen LogP contribution in [0.2, 0.25) is 0 Å².